The Hall–Kier alpha value is -3.55. The van der Waals surface area contributed by atoms with Crippen LogP contribution in [-0.2, 0) is 4.79 Å². The predicted octanol–water partition coefficient (Wildman–Crippen LogP) is 2.77. The third-order valence-corrected chi connectivity index (χ3v) is 3.82. The van der Waals surface area contributed by atoms with Crippen molar-refractivity contribution in [1.29, 1.82) is 0 Å². The number of hydrazone groups is 1. The van der Waals surface area contributed by atoms with Gasteiger partial charge in [-0.1, -0.05) is 13.8 Å². The summed E-state index contributed by atoms with van der Waals surface area (Å²) in [4.78, 5) is 23.9. The van der Waals surface area contributed by atoms with Crippen molar-refractivity contribution in [3.63, 3.8) is 0 Å². The highest BCUT2D eigenvalue weighted by Crippen LogP contribution is 2.36. The van der Waals surface area contributed by atoms with Crippen LogP contribution < -0.4 is 20.2 Å². The summed E-state index contributed by atoms with van der Waals surface area (Å²) in [6.45, 7) is 3.60. The Bertz CT molecular complexity index is 851. The molecule has 0 spiro atoms. The van der Waals surface area contributed by atoms with Gasteiger partial charge in [-0.15, -0.1) is 0 Å². The van der Waals surface area contributed by atoms with Crippen molar-refractivity contribution < 1.29 is 24.2 Å². The van der Waals surface area contributed by atoms with Crippen molar-refractivity contribution in [3.8, 4) is 17.2 Å². The van der Waals surface area contributed by atoms with Gasteiger partial charge in [0.2, 0.25) is 11.7 Å². The Morgan fingerprint density at radius 1 is 1.07 bits per heavy atom. The number of hydrogen-bond donors (Lipinski definition) is 3. The molecule has 3 N–H and O–H groups in total. The summed E-state index contributed by atoms with van der Waals surface area (Å²) >= 11 is 0. The molecule has 8 heteroatoms. The van der Waals surface area contributed by atoms with Crippen molar-refractivity contribution in [2.45, 2.75) is 13.8 Å². The van der Waals surface area contributed by atoms with E-state index in [0.717, 1.165) is 0 Å². The molecule has 0 unspecified atom stereocenters. The van der Waals surface area contributed by atoms with E-state index in [2.05, 4.69) is 15.8 Å². The number of aromatic hydroxyl groups is 1. The van der Waals surface area contributed by atoms with Crippen molar-refractivity contribution in [2.75, 3.05) is 19.5 Å². The number of nitrogens with zero attached hydrogens (tertiary/aromatic N) is 1. The van der Waals surface area contributed by atoms with Crippen LogP contribution in [0.2, 0.25) is 0 Å². The second-order valence-electron chi connectivity index (χ2n) is 6.19. The number of hydrogen-bond acceptors (Lipinski definition) is 6. The number of amides is 2. The number of benzene rings is 2. The summed E-state index contributed by atoms with van der Waals surface area (Å²) < 4.78 is 10.1. The molecule has 2 aromatic rings. The van der Waals surface area contributed by atoms with Crippen molar-refractivity contribution in [2.24, 2.45) is 11.0 Å². The number of phenolic OH excluding ortho intramolecular Hbond substituents is 1. The van der Waals surface area contributed by atoms with Gasteiger partial charge in [-0.25, -0.2) is 5.43 Å². The number of phenols is 1. The summed E-state index contributed by atoms with van der Waals surface area (Å²) in [6.07, 6.45) is 1.40. The molecule has 0 aliphatic carbocycles. The van der Waals surface area contributed by atoms with Crippen LogP contribution >= 0.6 is 0 Å². The lowest BCUT2D eigenvalue weighted by Gasteiger charge is -2.09. The van der Waals surface area contributed by atoms with Gasteiger partial charge >= 0.3 is 0 Å². The summed E-state index contributed by atoms with van der Waals surface area (Å²) in [5.74, 6) is -0.292. The zero-order valence-electron chi connectivity index (χ0n) is 16.1. The van der Waals surface area contributed by atoms with Gasteiger partial charge in [-0.3, -0.25) is 9.59 Å². The highest BCUT2D eigenvalue weighted by Gasteiger charge is 2.11. The highest BCUT2D eigenvalue weighted by atomic mass is 16.5. The smallest absolute Gasteiger partial charge is 0.271 e. The Morgan fingerprint density at radius 3 is 2.14 bits per heavy atom. The van der Waals surface area contributed by atoms with Crippen molar-refractivity contribution >= 4 is 23.7 Å². The van der Waals surface area contributed by atoms with Gasteiger partial charge in [0.25, 0.3) is 5.91 Å². The summed E-state index contributed by atoms with van der Waals surface area (Å²) in [5, 5.41) is 16.6. The van der Waals surface area contributed by atoms with Crippen LogP contribution in [-0.4, -0.2) is 37.4 Å². The zero-order chi connectivity index (χ0) is 20.7. The predicted molar refractivity (Wildman–Crippen MR) is 106 cm³/mol. The molecule has 0 fully saturated rings. The number of carbonyl (C=O) groups excluding carboxylic acids is 2. The van der Waals surface area contributed by atoms with Crippen LogP contribution in [0.1, 0.15) is 29.8 Å². The quantitative estimate of drug-likeness (QED) is 0.502. The minimum Gasteiger partial charge on any atom is -0.502 e. The van der Waals surface area contributed by atoms with E-state index in [1.54, 1.807) is 50.2 Å². The molecule has 0 aliphatic rings. The minimum absolute atomic E-state index is 0.0958. The van der Waals surface area contributed by atoms with Crippen LogP contribution in [0.4, 0.5) is 5.69 Å². The van der Waals surface area contributed by atoms with Crippen LogP contribution in [0.15, 0.2) is 41.5 Å². The number of anilines is 1. The van der Waals surface area contributed by atoms with E-state index >= 15 is 0 Å². The first-order chi connectivity index (χ1) is 13.3. The fourth-order valence-electron chi connectivity index (χ4n) is 2.21. The molecule has 2 rings (SSSR count). The monoisotopic (exact) mass is 385 g/mol. The maximum absolute atomic E-state index is 12.2. The molecule has 2 aromatic carbocycles. The second-order valence-corrected chi connectivity index (χ2v) is 6.19. The minimum atomic E-state index is -0.407. The number of carbonyl (C=O) groups is 2. The molecule has 8 nitrogen and oxygen atoms in total. The average Bonchev–Trinajstić information content (AvgIpc) is 2.69. The second kappa shape index (κ2) is 9.40. The molecule has 28 heavy (non-hydrogen) atoms. The first kappa shape index (κ1) is 20.8. The Kier molecular flexibility index (Phi) is 6.97. The lowest BCUT2D eigenvalue weighted by molar-refractivity contribution is -0.118. The zero-order valence-corrected chi connectivity index (χ0v) is 16.1. The molecule has 0 aromatic heterocycles. The molecule has 0 atom stereocenters. The average molecular weight is 385 g/mol. The van der Waals surface area contributed by atoms with E-state index in [-0.39, 0.29) is 29.1 Å². The Balaban J connectivity index is 2.03. The maximum atomic E-state index is 12.2. The van der Waals surface area contributed by atoms with Crippen LogP contribution in [0.5, 0.6) is 17.2 Å². The fourth-order valence-corrected chi connectivity index (χ4v) is 2.21. The van der Waals surface area contributed by atoms with Gasteiger partial charge in [-0.05, 0) is 36.4 Å². The Morgan fingerprint density at radius 2 is 1.64 bits per heavy atom. The van der Waals surface area contributed by atoms with Crippen LogP contribution in [0.25, 0.3) is 0 Å². The Labute approximate surface area is 163 Å². The standard InChI is InChI=1S/C20H23N3O5/c1-12(2)19(25)22-15-7-5-14(6-8-15)20(26)23-21-11-13-9-16(27-3)18(24)17(10-13)28-4/h5-12,24H,1-4H3,(H,22,25)(H,23,26)/b21-11+. The lowest BCUT2D eigenvalue weighted by Crippen LogP contribution is -2.19. The SMILES string of the molecule is COc1cc(/C=N/NC(=O)c2ccc(NC(=O)C(C)C)cc2)cc(OC)c1O. The topological polar surface area (TPSA) is 109 Å². The summed E-state index contributed by atoms with van der Waals surface area (Å²) in [6, 6.07) is 9.59. The molecule has 0 heterocycles. The largest absolute Gasteiger partial charge is 0.502 e. The van der Waals surface area contributed by atoms with Gasteiger partial charge in [0, 0.05) is 22.7 Å². The van der Waals surface area contributed by atoms with E-state index in [9.17, 15) is 14.7 Å². The summed E-state index contributed by atoms with van der Waals surface area (Å²) in [5.41, 5.74) is 3.99. The number of ether oxygens (including phenoxy) is 2. The van der Waals surface area contributed by atoms with Gasteiger partial charge in [-0.2, -0.15) is 5.10 Å². The van der Waals surface area contributed by atoms with Crippen molar-refractivity contribution in [3.05, 3.63) is 47.5 Å². The van der Waals surface area contributed by atoms with Gasteiger partial charge in [0.15, 0.2) is 11.5 Å². The number of rotatable bonds is 7. The molecule has 148 valence electrons. The van der Waals surface area contributed by atoms with Gasteiger partial charge in [0.1, 0.15) is 0 Å². The van der Waals surface area contributed by atoms with E-state index in [1.807, 2.05) is 0 Å². The number of methoxy groups -OCH3 is 2. The van der Waals surface area contributed by atoms with E-state index in [1.165, 1.54) is 20.4 Å². The van der Waals surface area contributed by atoms with E-state index < -0.39 is 5.91 Å². The van der Waals surface area contributed by atoms with Gasteiger partial charge in [0.05, 0.1) is 20.4 Å². The fraction of sp³-hybridized carbons (Fsp3) is 0.250. The highest BCUT2D eigenvalue weighted by molar-refractivity contribution is 5.96. The third kappa shape index (κ3) is 5.23. The van der Waals surface area contributed by atoms with E-state index in [0.29, 0.717) is 16.8 Å². The maximum Gasteiger partial charge on any atom is 0.271 e. The van der Waals surface area contributed by atoms with E-state index in [4.69, 9.17) is 9.47 Å². The van der Waals surface area contributed by atoms with Crippen molar-refractivity contribution in [1.82, 2.24) is 5.43 Å². The first-order valence-corrected chi connectivity index (χ1v) is 8.55. The molecule has 0 radical (unpaired) electrons. The molecule has 0 bridgehead atoms. The lowest BCUT2D eigenvalue weighted by atomic mass is 10.1. The molecule has 0 aliphatic heterocycles. The first-order valence-electron chi connectivity index (χ1n) is 8.55. The molecule has 0 saturated heterocycles. The molecular formula is C20H23N3O5. The normalized spacial score (nSPS) is 10.8. The molecule has 2 amide bonds. The third-order valence-electron chi connectivity index (χ3n) is 3.82. The van der Waals surface area contributed by atoms with Crippen LogP contribution in [0.3, 0.4) is 0 Å². The van der Waals surface area contributed by atoms with Crippen LogP contribution in [0, 0.1) is 5.92 Å². The molecular weight excluding hydrogens is 362 g/mol. The number of nitrogens with one attached hydrogen (secondary N) is 2. The van der Waals surface area contributed by atoms with Gasteiger partial charge < -0.3 is 19.9 Å². The molecule has 0 saturated carbocycles. The summed E-state index contributed by atoms with van der Waals surface area (Å²) in [7, 11) is 2.84.